The van der Waals surface area contributed by atoms with E-state index < -0.39 is 0 Å². The molecule has 0 atom stereocenters. The fourth-order valence-electron chi connectivity index (χ4n) is 2.11. The third kappa shape index (κ3) is 2.32. The zero-order chi connectivity index (χ0) is 14.1. The molecule has 0 unspecified atom stereocenters. The van der Waals surface area contributed by atoms with E-state index in [-0.39, 0.29) is 11.8 Å². The van der Waals surface area contributed by atoms with E-state index in [0.29, 0.717) is 42.0 Å². The van der Waals surface area contributed by atoms with Gasteiger partial charge in [0.05, 0.1) is 23.7 Å². The summed E-state index contributed by atoms with van der Waals surface area (Å²) in [6.45, 7) is 3.34. The average molecular weight is 294 g/mol. The summed E-state index contributed by atoms with van der Waals surface area (Å²) in [5.41, 5.74) is 2.36. The smallest absolute Gasteiger partial charge is 0.266 e. The first-order valence-corrected chi connectivity index (χ1v) is 7.07. The van der Waals surface area contributed by atoms with Crippen LogP contribution in [0.2, 0.25) is 0 Å². The van der Waals surface area contributed by atoms with Crippen LogP contribution in [0.25, 0.3) is 0 Å². The van der Waals surface area contributed by atoms with Crippen molar-refractivity contribution in [3.8, 4) is 0 Å². The molecule has 1 amide bonds. The third-order valence-corrected chi connectivity index (χ3v) is 4.03. The van der Waals surface area contributed by atoms with Gasteiger partial charge in [-0.2, -0.15) is 4.98 Å². The standard InChI is InChI=1S/C12H14N4O3S/c1-7-14-11(19-15-7)8-3-16(4-8)12(17)10-9(5-18-2)13-6-20-10/h6,8H,3-5H2,1-2H3. The Morgan fingerprint density at radius 2 is 2.40 bits per heavy atom. The van der Waals surface area contributed by atoms with Gasteiger partial charge < -0.3 is 14.2 Å². The summed E-state index contributed by atoms with van der Waals surface area (Å²) in [7, 11) is 1.59. The lowest BCUT2D eigenvalue weighted by atomic mass is 10.00. The summed E-state index contributed by atoms with van der Waals surface area (Å²) in [4.78, 5) is 23.1. The van der Waals surface area contributed by atoms with E-state index >= 15 is 0 Å². The lowest BCUT2D eigenvalue weighted by molar-refractivity contribution is 0.0569. The van der Waals surface area contributed by atoms with Gasteiger partial charge >= 0.3 is 0 Å². The summed E-state index contributed by atoms with van der Waals surface area (Å²) in [5, 5.41) is 3.76. The summed E-state index contributed by atoms with van der Waals surface area (Å²) >= 11 is 1.34. The number of aryl methyl sites for hydroxylation is 1. The minimum absolute atomic E-state index is 0.00737. The first-order chi connectivity index (χ1) is 9.69. The van der Waals surface area contributed by atoms with E-state index in [0.717, 1.165) is 0 Å². The van der Waals surface area contributed by atoms with E-state index in [2.05, 4.69) is 15.1 Å². The number of carbonyl (C=O) groups is 1. The number of amides is 1. The first kappa shape index (κ1) is 13.2. The molecule has 1 aliphatic heterocycles. The number of aromatic nitrogens is 3. The van der Waals surface area contributed by atoms with Gasteiger partial charge in [0.1, 0.15) is 4.88 Å². The molecule has 7 nitrogen and oxygen atoms in total. The Bertz CT molecular complexity index is 618. The maximum absolute atomic E-state index is 12.3. The van der Waals surface area contributed by atoms with Crippen LogP contribution in [0.1, 0.15) is 33.0 Å². The van der Waals surface area contributed by atoms with Crippen LogP contribution in [-0.4, -0.2) is 46.1 Å². The van der Waals surface area contributed by atoms with Crippen LogP contribution < -0.4 is 0 Å². The summed E-state index contributed by atoms with van der Waals surface area (Å²) in [6.07, 6.45) is 0. The molecule has 0 aliphatic carbocycles. The number of likely N-dealkylation sites (tertiary alicyclic amines) is 1. The van der Waals surface area contributed by atoms with Crippen molar-refractivity contribution in [1.29, 1.82) is 0 Å². The van der Waals surface area contributed by atoms with Crippen molar-refractivity contribution in [2.45, 2.75) is 19.4 Å². The van der Waals surface area contributed by atoms with Gasteiger partial charge in [-0.25, -0.2) is 4.98 Å². The molecule has 2 aromatic heterocycles. The highest BCUT2D eigenvalue weighted by atomic mass is 32.1. The second-order valence-corrected chi connectivity index (χ2v) is 5.50. The highest BCUT2D eigenvalue weighted by Crippen LogP contribution is 2.28. The lowest BCUT2D eigenvalue weighted by Crippen LogP contribution is -2.48. The maximum atomic E-state index is 12.3. The SMILES string of the molecule is COCc1ncsc1C(=O)N1CC(c2nc(C)no2)C1. The van der Waals surface area contributed by atoms with Crippen molar-refractivity contribution >= 4 is 17.2 Å². The van der Waals surface area contributed by atoms with Crippen LogP contribution in [0.3, 0.4) is 0 Å². The highest BCUT2D eigenvalue weighted by molar-refractivity contribution is 7.11. The molecule has 0 radical (unpaired) electrons. The Hall–Kier alpha value is -1.80. The minimum atomic E-state index is -0.00737. The van der Waals surface area contributed by atoms with Gasteiger partial charge in [-0.05, 0) is 6.92 Å². The van der Waals surface area contributed by atoms with Gasteiger partial charge in [-0.3, -0.25) is 4.79 Å². The van der Waals surface area contributed by atoms with E-state index in [1.54, 1.807) is 24.4 Å². The molecule has 1 fully saturated rings. The number of rotatable bonds is 4. The van der Waals surface area contributed by atoms with E-state index in [1.165, 1.54) is 11.3 Å². The summed E-state index contributed by atoms with van der Waals surface area (Å²) in [5.74, 6) is 1.36. The molecular weight excluding hydrogens is 280 g/mol. The maximum Gasteiger partial charge on any atom is 0.266 e. The second-order valence-electron chi connectivity index (χ2n) is 4.65. The Morgan fingerprint density at radius 3 is 3.05 bits per heavy atom. The number of methoxy groups -OCH3 is 1. The minimum Gasteiger partial charge on any atom is -0.378 e. The van der Waals surface area contributed by atoms with Crippen LogP contribution in [0.15, 0.2) is 10.0 Å². The Labute approximate surface area is 119 Å². The largest absolute Gasteiger partial charge is 0.378 e. The Morgan fingerprint density at radius 1 is 1.60 bits per heavy atom. The van der Waals surface area contributed by atoms with E-state index in [9.17, 15) is 4.79 Å². The molecule has 0 spiro atoms. The molecule has 1 saturated heterocycles. The molecule has 1 aliphatic rings. The van der Waals surface area contributed by atoms with Crippen molar-refractivity contribution in [2.24, 2.45) is 0 Å². The van der Waals surface area contributed by atoms with Crippen LogP contribution >= 0.6 is 11.3 Å². The van der Waals surface area contributed by atoms with Gasteiger partial charge in [0.2, 0.25) is 5.89 Å². The van der Waals surface area contributed by atoms with Crippen molar-refractivity contribution < 1.29 is 14.1 Å². The van der Waals surface area contributed by atoms with Gasteiger partial charge in [0, 0.05) is 20.2 Å². The van der Waals surface area contributed by atoms with Gasteiger partial charge in [0.25, 0.3) is 5.91 Å². The normalized spacial score (nSPS) is 15.4. The molecule has 0 aromatic carbocycles. The van der Waals surface area contributed by atoms with Gasteiger partial charge in [-0.1, -0.05) is 5.16 Å². The molecule has 3 rings (SSSR count). The topological polar surface area (TPSA) is 81.4 Å². The quantitative estimate of drug-likeness (QED) is 0.843. The number of hydrogen-bond donors (Lipinski definition) is 0. The molecule has 3 heterocycles. The molecule has 106 valence electrons. The number of carbonyl (C=O) groups excluding carboxylic acids is 1. The third-order valence-electron chi connectivity index (χ3n) is 3.18. The zero-order valence-electron chi connectivity index (χ0n) is 11.2. The second kappa shape index (κ2) is 5.29. The van der Waals surface area contributed by atoms with Crippen molar-refractivity contribution in [3.63, 3.8) is 0 Å². The molecular formula is C12H14N4O3S. The zero-order valence-corrected chi connectivity index (χ0v) is 12.0. The van der Waals surface area contributed by atoms with Crippen molar-refractivity contribution in [2.75, 3.05) is 20.2 Å². The first-order valence-electron chi connectivity index (χ1n) is 6.19. The Kier molecular flexibility index (Phi) is 3.49. The average Bonchev–Trinajstić information content (AvgIpc) is 2.97. The molecule has 0 N–H and O–H groups in total. The fraction of sp³-hybridized carbons (Fsp3) is 0.500. The van der Waals surface area contributed by atoms with Crippen LogP contribution in [0.5, 0.6) is 0 Å². The van der Waals surface area contributed by atoms with Crippen LogP contribution in [0.4, 0.5) is 0 Å². The highest BCUT2D eigenvalue weighted by Gasteiger charge is 2.37. The summed E-state index contributed by atoms with van der Waals surface area (Å²) < 4.78 is 10.2. The predicted octanol–water partition coefficient (Wildman–Crippen LogP) is 1.22. The number of nitrogens with zero attached hydrogens (tertiary/aromatic N) is 4. The number of hydrogen-bond acceptors (Lipinski definition) is 7. The monoisotopic (exact) mass is 294 g/mol. The fourth-order valence-corrected chi connectivity index (χ4v) is 2.87. The molecule has 8 heteroatoms. The van der Waals surface area contributed by atoms with Gasteiger partial charge in [0.15, 0.2) is 5.82 Å². The van der Waals surface area contributed by atoms with Crippen molar-refractivity contribution in [3.05, 3.63) is 27.8 Å². The van der Waals surface area contributed by atoms with E-state index in [1.807, 2.05) is 0 Å². The summed E-state index contributed by atoms with van der Waals surface area (Å²) in [6, 6.07) is 0. The lowest BCUT2D eigenvalue weighted by Gasteiger charge is -2.36. The van der Waals surface area contributed by atoms with Crippen molar-refractivity contribution in [1.82, 2.24) is 20.0 Å². The number of ether oxygens (including phenoxy) is 1. The van der Waals surface area contributed by atoms with Crippen LogP contribution in [0, 0.1) is 6.92 Å². The molecule has 0 saturated carbocycles. The van der Waals surface area contributed by atoms with Gasteiger partial charge in [-0.15, -0.1) is 11.3 Å². The van der Waals surface area contributed by atoms with Crippen LogP contribution in [-0.2, 0) is 11.3 Å². The van der Waals surface area contributed by atoms with E-state index in [4.69, 9.17) is 9.26 Å². The predicted molar refractivity (Wildman–Crippen MR) is 70.5 cm³/mol. The molecule has 0 bridgehead atoms. The Balaban J connectivity index is 1.64. The number of thiazole rings is 1. The molecule has 2 aromatic rings. The molecule has 20 heavy (non-hydrogen) atoms.